The van der Waals surface area contributed by atoms with Gasteiger partial charge in [0.1, 0.15) is 11.6 Å². The number of hydrogen-bond donors (Lipinski definition) is 0. The smallest absolute Gasteiger partial charge is 0.392 e. The molecule has 0 amide bonds. The molecule has 1 aromatic carbocycles. The lowest BCUT2D eigenvalue weighted by atomic mass is 9.83. The third-order valence-corrected chi connectivity index (χ3v) is 4.11. The highest BCUT2D eigenvalue weighted by atomic mass is 15.0. The van der Waals surface area contributed by atoms with Gasteiger partial charge in [0.15, 0.2) is 4.98 Å². The summed E-state index contributed by atoms with van der Waals surface area (Å²) in [5, 5.41) is 12.4. The van der Waals surface area contributed by atoms with E-state index in [-0.39, 0.29) is 17.8 Å². The summed E-state index contributed by atoms with van der Waals surface area (Å²) in [6, 6.07) is 10.2. The number of hydrogen-bond acceptors (Lipinski definition) is 2. The molecule has 0 spiro atoms. The first-order valence-corrected chi connectivity index (χ1v) is 6.65. The van der Waals surface area contributed by atoms with Crippen molar-refractivity contribution in [3.8, 4) is 0 Å². The number of nitrogens with zero attached hydrogens (tertiary/aromatic N) is 4. The van der Waals surface area contributed by atoms with Crippen molar-refractivity contribution < 1.29 is 0 Å². The van der Waals surface area contributed by atoms with Gasteiger partial charge in [-0.1, -0.05) is 55.5 Å². The molecule has 0 N–H and O–H groups in total. The number of benzene rings is 1. The van der Waals surface area contributed by atoms with Crippen LogP contribution in [-0.4, -0.2) is 0 Å². The Morgan fingerprint density at radius 2 is 1.95 bits per heavy atom. The third kappa shape index (κ3) is 1.79. The Morgan fingerprint density at radius 3 is 2.60 bits per heavy atom. The second-order valence-corrected chi connectivity index (χ2v) is 5.16. The van der Waals surface area contributed by atoms with E-state index in [1.165, 1.54) is 5.56 Å². The predicted molar refractivity (Wildman–Crippen MR) is 77.0 cm³/mol. The standard InChI is InChI=1S/C16H14N4/c1-10-14-9-12(11-5-3-2-4-6-11)7-8-13(14)16(20-18)15(10)19-17/h2-10,12-13H,1H3. The van der Waals surface area contributed by atoms with Crippen molar-refractivity contribution in [3.63, 3.8) is 0 Å². The first kappa shape index (κ1) is 12.5. The van der Waals surface area contributed by atoms with E-state index in [1.54, 1.807) is 0 Å². The van der Waals surface area contributed by atoms with E-state index in [2.05, 4.69) is 34.4 Å². The fourth-order valence-electron chi connectivity index (χ4n) is 3.04. The van der Waals surface area contributed by atoms with Gasteiger partial charge >= 0.3 is 5.70 Å². The van der Waals surface area contributed by atoms with Crippen molar-refractivity contribution in [1.29, 1.82) is 5.39 Å². The molecular formula is C16H14N4. The Labute approximate surface area is 117 Å². The van der Waals surface area contributed by atoms with E-state index in [9.17, 15) is 0 Å². The highest BCUT2D eigenvalue weighted by Gasteiger charge is 2.44. The minimum atomic E-state index is -0.0825. The SMILES string of the molecule is CC1C2=CC(c3ccccc3)C=CC2C([N+]#N)=C1N=[N-]. The summed E-state index contributed by atoms with van der Waals surface area (Å²) in [7, 11) is 0. The number of rotatable bonds is 2. The van der Waals surface area contributed by atoms with Crippen LogP contribution in [0.3, 0.4) is 0 Å². The van der Waals surface area contributed by atoms with Gasteiger partial charge in [-0.2, -0.15) is 0 Å². The largest absolute Gasteiger partial charge is 0.706 e. The molecule has 98 valence electrons. The molecule has 1 aromatic rings. The molecule has 3 atom stereocenters. The molecule has 4 nitrogen and oxygen atoms in total. The Morgan fingerprint density at radius 1 is 1.20 bits per heavy atom. The summed E-state index contributed by atoms with van der Waals surface area (Å²) >= 11 is 0. The number of fused-ring (bicyclic) bond motifs is 1. The molecule has 4 heteroatoms. The van der Waals surface area contributed by atoms with Crippen molar-refractivity contribution in [2.45, 2.75) is 12.8 Å². The van der Waals surface area contributed by atoms with Crippen LogP contribution >= 0.6 is 0 Å². The summed E-state index contributed by atoms with van der Waals surface area (Å²) in [5.74, 6) is 0.0933. The van der Waals surface area contributed by atoms with Crippen LogP contribution in [0.25, 0.3) is 10.5 Å². The zero-order valence-electron chi connectivity index (χ0n) is 11.1. The minimum Gasteiger partial charge on any atom is -0.706 e. The number of diazo groups is 1. The van der Waals surface area contributed by atoms with Gasteiger partial charge in [0.05, 0.1) is 0 Å². The summed E-state index contributed by atoms with van der Waals surface area (Å²) in [5.41, 5.74) is 12.3. The maximum Gasteiger partial charge on any atom is 0.392 e. The molecule has 0 aliphatic heterocycles. The number of allylic oxidation sites excluding steroid dienone is 4. The average Bonchev–Trinajstić information content (AvgIpc) is 2.79. The van der Waals surface area contributed by atoms with Crippen LogP contribution in [0, 0.1) is 17.2 Å². The zero-order valence-corrected chi connectivity index (χ0v) is 11.1. The molecule has 0 saturated carbocycles. The molecule has 2 aliphatic carbocycles. The molecule has 2 aliphatic rings. The van der Waals surface area contributed by atoms with Gasteiger partial charge in [-0.3, -0.25) is 0 Å². The van der Waals surface area contributed by atoms with Gasteiger partial charge in [0, 0.05) is 11.8 Å². The second-order valence-electron chi connectivity index (χ2n) is 5.16. The molecule has 0 bridgehead atoms. The molecule has 3 unspecified atom stereocenters. The fourth-order valence-corrected chi connectivity index (χ4v) is 3.04. The maximum absolute atomic E-state index is 9.14. The average molecular weight is 262 g/mol. The maximum atomic E-state index is 9.14. The lowest BCUT2D eigenvalue weighted by Gasteiger charge is -2.19. The zero-order chi connectivity index (χ0) is 14.1. The highest BCUT2D eigenvalue weighted by Crippen LogP contribution is 2.47. The minimum absolute atomic E-state index is 0.0351. The van der Waals surface area contributed by atoms with E-state index in [0.717, 1.165) is 5.57 Å². The first-order valence-electron chi connectivity index (χ1n) is 6.65. The Balaban J connectivity index is 2.00. The molecular weight excluding hydrogens is 248 g/mol. The summed E-state index contributed by atoms with van der Waals surface area (Å²) in [6.45, 7) is 1.97. The highest BCUT2D eigenvalue weighted by molar-refractivity contribution is 5.50. The van der Waals surface area contributed by atoms with E-state index in [1.807, 2.05) is 31.2 Å². The van der Waals surface area contributed by atoms with Crippen LogP contribution in [0.5, 0.6) is 0 Å². The Bertz CT molecular complexity index is 676. The van der Waals surface area contributed by atoms with E-state index < -0.39 is 0 Å². The molecule has 20 heavy (non-hydrogen) atoms. The molecule has 0 heterocycles. The Kier molecular flexibility index (Phi) is 3.03. The van der Waals surface area contributed by atoms with Gasteiger partial charge in [-0.25, -0.2) is 0 Å². The molecule has 0 radical (unpaired) electrons. The van der Waals surface area contributed by atoms with Crippen molar-refractivity contribution in [1.82, 2.24) is 0 Å². The van der Waals surface area contributed by atoms with E-state index in [4.69, 9.17) is 10.9 Å². The second kappa shape index (κ2) is 4.86. The van der Waals surface area contributed by atoms with E-state index in [0.29, 0.717) is 11.4 Å². The molecule has 0 fully saturated rings. The molecule has 3 rings (SSSR count). The predicted octanol–water partition coefficient (Wildman–Crippen LogP) is 4.62. The van der Waals surface area contributed by atoms with Gasteiger partial charge in [-0.05, 0) is 11.1 Å². The monoisotopic (exact) mass is 262 g/mol. The molecule has 0 aromatic heterocycles. The van der Waals surface area contributed by atoms with Crippen LogP contribution in [0.15, 0.2) is 70.6 Å². The first-order chi connectivity index (χ1) is 9.76. The van der Waals surface area contributed by atoms with Crippen LogP contribution in [0.1, 0.15) is 18.4 Å². The third-order valence-electron chi connectivity index (χ3n) is 4.11. The van der Waals surface area contributed by atoms with Crippen molar-refractivity contribution >= 4 is 0 Å². The summed E-state index contributed by atoms with van der Waals surface area (Å²) in [4.78, 5) is 3.31. The quantitative estimate of drug-likeness (QED) is 0.435. The Hall–Kier alpha value is -2.54. The van der Waals surface area contributed by atoms with Gasteiger partial charge in [0.2, 0.25) is 5.39 Å². The summed E-state index contributed by atoms with van der Waals surface area (Å²) in [6.07, 6.45) is 6.30. The lowest BCUT2D eigenvalue weighted by Crippen LogP contribution is -2.08. The van der Waals surface area contributed by atoms with Crippen molar-refractivity contribution in [3.05, 3.63) is 81.6 Å². The topological polar surface area (TPSA) is 62.8 Å². The van der Waals surface area contributed by atoms with Crippen molar-refractivity contribution in [2.24, 2.45) is 17.0 Å². The fraction of sp³-hybridized carbons (Fsp3) is 0.250. The van der Waals surface area contributed by atoms with Gasteiger partial charge in [-0.15, -0.1) is 0 Å². The molecule has 0 saturated heterocycles. The van der Waals surface area contributed by atoms with Crippen LogP contribution < -0.4 is 0 Å². The van der Waals surface area contributed by atoms with Crippen molar-refractivity contribution in [2.75, 3.05) is 0 Å². The van der Waals surface area contributed by atoms with Gasteiger partial charge in [0.25, 0.3) is 0 Å². The lowest BCUT2D eigenvalue weighted by molar-refractivity contribution is 0.749. The van der Waals surface area contributed by atoms with Crippen LogP contribution in [0.4, 0.5) is 0 Å². The normalized spacial score (nSPS) is 27.8. The van der Waals surface area contributed by atoms with Crippen LogP contribution in [-0.2, 0) is 0 Å². The van der Waals surface area contributed by atoms with Gasteiger partial charge < -0.3 is 10.6 Å². The summed E-state index contributed by atoms with van der Waals surface area (Å²) < 4.78 is 0. The van der Waals surface area contributed by atoms with Crippen LogP contribution in [0.2, 0.25) is 0 Å². The van der Waals surface area contributed by atoms with E-state index >= 15 is 0 Å².